The summed E-state index contributed by atoms with van der Waals surface area (Å²) >= 11 is 0. The second-order valence-corrected chi connectivity index (χ2v) is 8.38. The maximum Gasteiger partial charge on any atom is 0.287 e. The SMILES string of the molecule is N#Cc1ccccc1S(=O)(=O)c1ccc(CNC(=O)c2cc3ccncc3o2)cc1. The minimum atomic E-state index is -3.82. The van der Waals surface area contributed by atoms with E-state index in [1.54, 1.807) is 42.6 Å². The molecule has 0 aliphatic heterocycles. The van der Waals surface area contributed by atoms with Gasteiger partial charge in [0.1, 0.15) is 6.07 Å². The third kappa shape index (κ3) is 3.66. The van der Waals surface area contributed by atoms with Crippen LogP contribution in [-0.4, -0.2) is 19.3 Å². The quantitative estimate of drug-likeness (QED) is 0.532. The number of carbonyl (C=O) groups is 1. The zero-order valence-corrected chi connectivity index (χ0v) is 16.4. The van der Waals surface area contributed by atoms with Gasteiger partial charge in [0.15, 0.2) is 11.3 Å². The number of fused-ring (bicyclic) bond motifs is 1. The number of aromatic nitrogens is 1. The van der Waals surface area contributed by atoms with Crippen LogP contribution in [0.15, 0.2) is 87.3 Å². The van der Waals surface area contributed by atoms with Gasteiger partial charge in [0.05, 0.1) is 21.6 Å². The minimum absolute atomic E-state index is 0.0343. The minimum Gasteiger partial charge on any atom is -0.449 e. The molecular weight excluding hydrogens is 402 g/mol. The molecule has 4 aromatic rings. The van der Waals surface area contributed by atoms with Gasteiger partial charge in [0.2, 0.25) is 9.84 Å². The van der Waals surface area contributed by atoms with Gasteiger partial charge in [0, 0.05) is 18.1 Å². The molecule has 0 bridgehead atoms. The number of nitrogens with zero attached hydrogens (tertiary/aromatic N) is 2. The Morgan fingerprint density at radius 1 is 1.10 bits per heavy atom. The monoisotopic (exact) mass is 417 g/mol. The van der Waals surface area contributed by atoms with Gasteiger partial charge < -0.3 is 9.73 Å². The summed E-state index contributed by atoms with van der Waals surface area (Å²) in [5.74, 6) is -0.212. The molecule has 0 fully saturated rings. The highest BCUT2D eigenvalue weighted by atomic mass is 32.2. The Morgan fingerprint density at radius 3 is 2.60 bits per heavy atom. The van der Waals surface area contributed by atoms with Crippen LogP contribution in [0, 0.1) is 11.3 Å². The van der Waals surface area contributed by atoms with E-state index in [-0.39, 0.29) is 33.6 Å². The highest BCUT2D eigenvalue weighted by Gasteiger charge is 2.21. The molecule has 8 heteroatoms. The van der Waals surface area contributed by atoms with Crippen LogP contribution in [0.25, 0.3) is 11.0 Å². The first kappa shape index (κ1) is 19.4. The van der Waals surface area contributed by atoms with Crippen molar-refractivity contribution in [2.75, 3.05) is 0 Å². The number of hydrogen-bond acceptors (Lipinski definition) is 6. The number of sulfone groups is 1. The first-order valence-corrected chi connectivity index (χ1v) is 10.4. The Morgan fingerprint density at radius 2 is 1.87 bits per heavy atom. The predicted octanol–water partition coefficient (Wildman–Crippen LogP) is 3.46. The average Bonchev–Trinajstić information content (AvgIpc) is 3.22. The molecule has 0 saturated heterocycles. The predicted molar refractivity (Wildman–Crippen MR) is 108 cm³/mol. The van der Waals surface area contributed by atoms with Gasteiger partial charge in [0.25, 0.3) is 5.91 Å². The summed E-state index contributed by atoms with van der Waals surface area (Å²) in [7, 11) is -3.82. The standard InChI is InChI=1S/C22H15N3O4S/c23-12-17-3-1-2-4-21(17)30(27,28)18-7-5-15(6-8-18)13-25-22(26)19-11-16-9-10-24-14-20(16)29-19/h1-11,14H,13H2,(H,25,26). The van der Waals surface area contributed by atoms with Gasteiger partial charge in [-0.2, -0.15) is 5.26 Å². The van der Waals surface area contributed by atoms with E-state index in [1.807, 2.05) is 6.07 Å². The molecular formula is C22H15N3O4S. The van der Waals surface area contributed by atoms with Crippen LogP contribution >= 0.6 is 0 Å². The lowest BCUT2D eigenvalue weighted by molar-refractivity contribution is 0.0925. The molecule has 148 valence electrons. The van der Waals surface area contributed by atoms with Crippen molar-refractivity contribution in [2.45, 2.75) is 16.3 Å². The van der Waals surface area contributed by atoms with Crippen LogP contribution < -0.4 is 5.32 Å². The summed E-state index contributed by atoms with van der Waals surface area (Å²) in [6.45, 7) is 0.198. The van der Waals surface area contributed by atoms with Gasteiger partial charge in [-0.15, -0.1) is 0 Å². The molecule has 0 unspecified atom stereocenters. The molecule has 0 aliphatic rings. The summed E-state index contributed by atoms with van der Waals surface area (Å²) in [6, 6.07) is 17.5. The van der Waals surface area contributed by atoms with E-state index >= 15 is 0 Å². The summed E-state index contributed by atoms with van der Waals surface area (Å²) in [5.41, 5.74) is 1.33. The summed E-state index contributed by atoms with van der Waals surface area (Å²) in [5, 5.41) is 12.7. The van der Waals surface area contributed by atoms with Crippen LogP contribution in [0.4, 0.5) is 0 Å². The van der Waals surface area contributed by atoms with Crippen molar-refractivity contribution in [3.8, 4) is 6.07 Å². The molecule has 7 nitrogen and oxygen atoms in total. The van der Waals surface area contributed by atoms with Crippen LogP contribution in [0.2, 0.25) is 0 Å². The summed E-state index contributed by atoms with van der Waals surface area (Å²) in [4.78, 5) is 16.3. The van der Waals surface area contributed by atoms with Crippen LogP contribution in [0.1, 0.15) is 21.7 Å². The zero-order valence-electron chi connectivity index (χ0n) is 15.6. The maximum absolute atomic E-state index is 12.8. The highest BCUT2D eigenvalue weighted by Crippen LogP contribution is 2.24. The van der Waals surface area contributed by atoms with Crippen LogP contribution in [0.3, 0.4) is 0 Å². The third-order valence-electron chi connectivity index (χ3n) is 4.53. The Bertz CT molecular complexity index is 1350. The molecule has 0 atom stereocenters. The van der Waals surface area contributed by atoms with Gasteiger partial charge in [-0.3, -0.25) is 9.78 Å². The fourth-order valence-corrected chi connectivity index (χ4v) is 4.38. The van der Waals surface area contributed by atoms with E-state index in [0.29, 0.717) is 11.1 Å². The number of benzene rings is 2. The van der Waals surface area contributed by atoms with E-state index in [1.165, 1.54) is 30.5 Å². The lowest BCUT2D eigenvalue weighted by Gasteiger charge is -2.08. The second kappa shape index (κ2) is 7.81. The Hall–Kier alpha value is -3.96. The number of hydrogen-bond donors (Lipinski definition) is 1. The number of nitrogens with one attached hydrogen (secondary N) is 1. The van der Waals surface area contributed by atoms with E-state index < -0.39 is 9.84 Å². The molecule has 0 saturated carbocycles. The van der Waals surface area contributed by atoms with Crippen molar-refractivity contribution in [1.29, 1.82) is 5.26 Å². The number of nitriles is 1. The van der Waals surface area contributed by atoms with Crippen molar-refractivity contribution < 1.29 is 17.6 Å². The Labute approximate surface area is 172 Å². The average molecular weight is 417 g/mol. The number of carbonyl (C=O) groups excluding carboxylic acids is 1. The zero-order chi connectivity index (χ0) is 21.1. The van der Waals surface area contributed by atoms with Crippen molar-refractivity contribution >= 4 is 26.7 Å². The smallest absolute Gasteiger partial charge is 0.287 e. The highest BCUT2D eigenvalue weighted by molar-refractivity contribution is 7.91. The maximum atomic E-state index is 12.8. The molecule has 1 amide bonds. The Kier molecular flexibility index (Phi) is 5.04. The van der Waals surface area contributed by atoms with E-state index in [4.69, 9.17) is 9.68 Å². The molecule has 30 heavy (non-hydrogen) atoms. The van der Waals surface area contributed by atoms with E-state index in [0.717, 1.165) is 5.39 Å². The summed E-state index contributed by atoms with van der Waals surface area (Å²) in [6.07, 6.45) is 3.15. The molecule has 2 heterocycles. The molecule has 0 aliphatic carbocycles. The fraction of sp³-hybridized carbons (Fsp3) is 0.0455. The van der Waals surface area contributed by atoms with Crippen LogP contribution in [0.5, 0.6) is 0 Å². The lowest BCUT2D eigenvalue weighted by atomic mass is 10.2. The lowest BCUT2D eigenvalue weighted by Crippen LogP contribution is -2.22. The van der Waals surface area contributed by atoms with Crippen LogP contribution in [-0.2, 0) is 16.4 Å². The number of amides is 1. The second-order valence-electron chi connectivity index (χ2n) is 6.46. The molecule has 4 rings (SSSR count). The third-order valence-corrected chi connectivity index (χ3v) is 6.36. The fourth-order valence-electron chi connectivity index (χ4n) is 2.97. The van der Waals surface area contributed by atoms with Gasteiger partial charge in [-0.25, -0.2) is 8.42 Å². The van der Waals surface area contributed by atoms with Gasteiger partial charge >= 0.3 is 0 Å². The summed E-state index contributed by atoms with van der Waals surface area (Å²) < 4.78 is 31.1. The number of pyridine rings is 1. The molecule has 2 aromatic heterocycles. The van der Waals surface area contributed by atoms with Gasteiger partial charge in [-0.05, 0) is 42.0 Å². The van der Waals surface area contributed by atoms with Crippen molar-refractivity contribution in [3.05, 3.63) is 89.9 Å². The topological polar surface area (TPSA) is 113 Å². The molecule has 0 radical (unpaired) electrons. The largest absolute Gasteiger partial charge is 0.449 e. The number of rotatable bonds is 5. The van der Waals surface area contributed by atoms with E-state index in [2.05, 4.69) is 10.3 Å². The van der Waals surface area contributed by atoms with Gasteiger partial charge in [-0.1, -0.05) is 24.3 Å². The first-order valence-electron chi connectivity index (χ1n) is 8.94. The Balaban J connectivity index is 1.48. The molecule has 2 aromatic carbocycles. The van der Waals surface area contributed by atoms with Crippen molar-refractivity contribution in [3.63, 3.8) is 0 Å². The number of furan rings is 1. The van der Waals surface area contributed by atoms with Crippen molar-refractivity contribution in [1.82, 2.24) is 10.3 Å². The van der Waals surface area contributed by atoms with E-state index in [9.17, 15) is 13.2 Å². The van der Waals surface area contributed by atoms with Crippen molar-refractivity contribution in [2.24, 2.45) is 0 Å². The molecule has 1 N–H and O–H groups in total. The normalized spacial score (nSPS) is 11.2. The first-order chi connectivity index (χ1) is 14.5. The molecule has 0 spiro atoms.